The fraction of sp³-hybridized carbons (Fsp3) is 0.429. The summed E-state index contributed by atoms with van der Waals surface area (Å²) < 4.78 is 0. The van der Waals surface area contributed by atoms with E-state index < -0.39 is 12.0 Å². The average Bonchev–Trinajstić information content (AvgIpc) is 2.25. The van der Waals surface area contributed by atoms with Crippen LogP contribution in [0.4, 0.5) is 0 Å². The SMILES string of the molecule is CC(=O)N[C@@H](CSCc1cc(C)cc(C)c1)C(=O)O. The first-order chi connectivity index (χ1) is 8.88. The van der Waals surface area contributed by atoms with E-state index in [1.165, 1.54) is 35.4 Å². The third-order valence-corrected chi connectivity index (χ3v) is 3.62. The van der Waals surface area contributed by atoms with Crippen molar-refractivity contribution in [1.82, 2.24) is 5.32 Å². The molecule has 4 nitrogen and oxygen atoms in total. The summed E-state index contributed by atoms with van der Waals surface area (Å²) in [7, 11) is 0. The maximum Gasteiger partial charge on any atom is 0.327 e. The van der Waals surface area contributed by atoms with E-state index >= 15 is 0 Å². The number of hydrogen-bond donors (Lipinski definition) is 2. The number of thioether (sulfide) groups is 1. The summed E-state index contributed by atoms with van der Waals surface area (Å²) in [6.07, 6.45) is 0. The molecule has 0 aliphatic carbocycles. The molecule has 5 heteroatoms. The largest absolute Gasteiger partial charge is 0.480 e. The van der Waals surface area contributed by atoms with Crippen LogP contribution >= 0.6 is 11.8 Å². The smallest absolute Gasteiger partial charge is 0.327 e. The van der Waals surface area contributed by atoms with E-state index in [2.05, 4.69) is 23.5 Å². The summed E-state index contributed by atoms with van der Waals surface area (Å²) in [4.78, 5) is 21.9. The molecule has 1 aromatic rings. The molecule has 1 amide bonds. The van der Waals surface area contributed by atoms with Gasteiger partial charge in [0, 0.05) is 18.4 Å². The number of nitrogens with one attached hydrogen (secondary N) is 1. The minimum absolute atomic E-state index is 0.320. The van der Waals surface area contributed by atoms with E-state index in [0.717, 1.165) is 5.75 Å². The summed E-state index contributed by atoms with van der Waals surface area (Å²) in [5.41, 5.74) is 3.58. The van der Waals surface area contributed by atoms with Crippen LogP contribution in [0.15, 0.2) is 18.2 Å². The molecule has 0 heterocycles. The minimum Gasteiger partial charge on any atom is -0.480 e. The molecule has 1 rings (SSSR count). The number of benzene rings is 1. The van der Waals surface area contributed by atoms with Crippen LogP contribution in [0, 0.1) is 13.8 Å². The molecule has 0 aliphatic rings. The first-order valence-corrected chi connectivity index (χ1v) is 7.19. The third kappa shape index (κ3) is 5.79. The zero-order chi connectivity index (χ0) is 14.4. The summed E-state index contributed by atoms with van der Waals surface area (Å²) in [6, 6.07) is 5.46. The van der Waals surface area contributed by atoms with Crippen molar-refractivity contribution in [2.75, 3.05) is 5.75 Å². The number of carboxylic acid groups (broad SMARTS) is 1. The molecular formula is C14H19NO3S. The molecular weight excluding hydrogens is 262 g/mol. The van der Waals surface area contributed by atoms with Gasteiger partial charge in [0.25, 0.3) is 0 Å². The van der Waals surface area contributed by atoms with E-state index in [0.29, 0.717) is 5.75 Å². The Kier molecular flexibility index (Phi) is 5.89. The van der Waals surface area contributed by atoms with Crippen LogP contribution in [-0.4, -0.2) is 28.8 Å². The standard InChI is InChI=1S/C14H19NO3S/c1-9-4-10(2)6-12(5-9)7-19-8-13(14(17)18)15-11(3)16/h4-6,13H,7-8H2,1-3H3,(H,15,16)(H,17,18)/t13-/m0/s1. The van der Waals surface area contributed by atoms with E-state index in [4.69, 9.17) is 5.11 Å². The number of aliphatic carboxylic acids is 1. The van der Waals surface area contributed by atoms with Gasteiger partial charge in [0.2, 0.25) is 5.91 Å². The van der Waals surface area contributed by atoms with Crippen LogP contribution in [0.1, 0.15) is 23.6 Å². The Labute approximate surface area is 117 Å². The van der Waals surface area contributed by atoms with Crippen LogP contribution in [-0.2, 0) is 15.3 Å². The molecule has 0 saturated heterocycles. The summed E-state index contributed by atoms with van der Waals surface area (Å²) in [5.74, 6) is -0.212. The monoisotopic (exact) mass is 281 g/mol. The predicted octanol–water partition coefficient (Wildman–Crippen LogP) is 2.13. The Morgan fingerprint density at radius 2 is 1.84 bits per heavy atom. The number of carbonyl (C=O) groups is 2. The molecule has 0 fully saturated rings. The van der Waals surface area contributed by atoms with E-state index in [9.17, 15) is 9.59 Å². The second kappa shape index (κ2) is 7.19. The second-order valence-electron chi connectivity index (χ2n) is 4.60. The van der Waals surface area contributed by atoms with Gasteiger partial charge < -0.3 is 10.4 Å². The molecule has 19 heavy (non-hydrogen) atoms. The lowest BCUT2D eigenvalue weighted by Gasteiger charge is -2.13. The van der Waals surface area contributed by atoms with Crippen molar-refractivity contribution in [1.29, 1.82) is 0 Å². The number of carboxylic acids is 1. The molecule has 1 aromatic carbocycles. The van der Waals surface area contributed by atoms with Gasteiger partial charge in [-0.2, -0.15) is 11.8 Å². The Morgan fingerprint density at radius 1 is 1.26 bits per heavy atom. The highest BCUT2D eigenvalue weighted by molar-refractivity contribution is 7.98. The summed E-state index contributed by atoms with van der Waals surface area (Å²) in [6.45, 7) is 5.40. The summed E-state index contributed by atoms with van der Waals surface area (Å²) in [5, 5.41) is 11.4. The topological polar surface area (TPSA) is 66.4 Å². The van der Waals surface area contributed by atoms with Crippen LogP contribution in [0.3, 0.4) is 0 Å². The van der Waals surface area contributed by atoms with Crippen molar-refractivity contribution in [3.8, 4) is 0 Å². The van der Waals surface area contributed by atoms with Gasteiger partial charge in [-0.25, -0.2) is 4.79 Å². The number of carbonyl (C=O) groups excluding carboxylic acids is 1. The molecule has 2 N–H and O–H groups in total. The lowest BCUT2D eigenvalue weighted by Crippen LogP contribution is -2.41. The highest BCUT2D eigenvalue weighted by Crippen LogP contribution is 2.16. The fourth-order valence-electron chi connectivity index (χ4n) is 1.87. The zero-order valence-electron chi connectivity index (χ0n) is 11.4. The van der Waals surface area contributed by atoms with Crippen molar-refractivity contribution >= 4 is 23.6 Å². The van der Waals surface area contributed by atoms with E-state index in [1.54, 1.807) is 0 Å². The lowest BCUT2D eigenvalue weighted by atomic mass is 10.1. The first kappa shape index (κ1) is 15.6. The third-order valence-electron chi connectivity index (χ3n) is 2.51. The average molecular weight is 281 g/mol. The van der Waals surface area contributed by atoms with E-state index in [-0.39, 0.29) is 5.91 Å². The van der Waals surface area contributed by atoms with Crippen LogP contribution in [0.5, 0.6) is 0 Å². The van der Waals surface area contributed by atoms with Crippen molar-refractivity contribution in [2.45, 2.75) is 32.6 Å². The highest BCUT2D eigenvalue weighted by atomic mass is 32.2. The van der Waals surface area contributed by atoms with Crippen LogP contribution < -0.4 is 5.32 Å². The second-order valence-corrected chi connectivity index (χ2v) is 5.63. The van der Waals surface area contributed by atoms with Crippen molar-refractivity contribution in [2.24, 2.45) is 0 Å². The maximum absolute atomic E-state index is 11.0. The van der Waals surface area contributed by atoms with Gasteiger partial charge >= 0.3 is 5.97 Å². The highest BCUT2D eigenvalue weighted by Gasteiger charge is 2.17. The van der Waals surface area contributed by atoms with Gasteiger partial charge in [0.05, 0.1) is 0 Å². The maximum atomic E-state index is 11.0. The Balaban J connectivity index is 2.51. The molecule has 0 unspecified atom stereocenters. The lowest BCUT2D eigenvalue weighted by molar-refractivity contribution is -0.140. The molecule has 0 spiro atoms. The fourth-order valence-corrected chi connectivity index (χ4v) is 2.85. The van der Waals surface area contributed by atoms with Gasteiger partial charge in [0.1, 0.15) is 6.04 Å². The van der Waals surface area contributed by atoms with Gasteiger partial charge in [0.15, 0.2) is 0 Å². The molecule has 0 saturated carbocycles. The molecule has 0 aromatic heterocycles. The van der Waals surface area contributed by atoms with Gasteiger partial charge in [-0.05, 0) is 19.4 Å². The first-order valence-electron chi connectivity index (χ1n) is 6.03. The molecule has 0 radical (unpaired) electrons. The molecule has 0 bridgehead atoms. The van der Waals surface area contributed by atoms with Crippen molar-refractivity contribution in [3.05, 3.63) is 34.9 Å². The van der Waals surface area contributed by atoms with Gasteiger partial charge in [-0.3, -0.25) is 4.79 Å². The predicted molar refractivity (Wildman–Crippen MR) is 77.3 cm³/mol. The number of aryl methyl sites for hydroxylation is 2. The zero-order valence-corrected chi connectivity index (χ0v) is 12.2. The minimum atomic E-state index is -0.997. The van der Waals surface area contributed by atoms with Crippen LogP contribution in [0.2, 0.25) is 0 Å². The van der Waals surface area contributed by atoms with Crippen LogP contribution in [0.25, 0.3) is 0 Å². The van der Waals surface area contributed by atoms with E-state index in [1.807, 2.05) is 13.8 Å². The Morgan fingerprint density at radius 3 is 2.32 bits per heavy atom. The van der Waals surface area contributed by atoms with Crippen molar-refractivity contribution in [3.63, 3.8) is 0 Å². The van der Waals surface area contributed by atoms with Gasteiger partial charge in [-0.15, -0.1) is 0 Å². The number of amides is 1. The number of hydrogen-bond acceptors (Lipinski definition) is 3. The molecule has 1 atom stereocenters. The Bertz CT molecular complexity index is 454. The number of rotatable bonds is 6. The molecule has 104 valence electrons. The quantitative estimate of drug-likeness (QED) is 0.838. The van der Waals surface area contributed by atoms with Gasteiger partial charge in [-0.1, -0.05) is 29.3 Å². The van der Waals surface area contributed by atoms with Crippen molar-refractivity contribution < 1.29 is 14.7 Å². The summed E-state index contributed by atoms with van der Waals surface area (Å²) >= 11 is 1.51. The normalized spacial score (nSPS) is 11.9. The Hall–Kier alpha value is -1.49. The molecule has 0 aliphatic heterocycles.